The molecule has 0 bridgehead atoms. The monoisotopic (exact) mass is 318 g/mol. The summed E-state index contributed by atoms with van der Waals surface area (Å²) in [6.45, 7) is 5.78. The van der Waals surface area contributed by atoms with Crippen LogP contribution in [-0.2, 0) is 0 Å². The van der Waals surface area contributed by atoms with Gasteiger partial charge in [-0.3, -0.25) is 0 Å². The minimum absolute atomic E-state index is 0.0850. The van der Waals surface area contributed by atoms with Gasteiger partial charge in [0.05, 0.1) is 11.9 Å². The highest BCUT2D eigenvalue weighted by Crippen LogP contribution is 2.23. The Balaban J connectivity index is 2.01. The number of amides is 2. The number of hydrogen-bond acceptors (Lipinski definition) is 3. The van der Waals surface area contributed by atoms with Crippen LogP contribution in [0.25, 0.3) is 0 Å². The molecule has 0 aliphatic rings. The molecule has 22 heavy (non-hydrogen) atoms. The predicted molar refractivity (Wildman–Crippen MR) is 91.0 cm³/mol. The van der Waals surface area contributed by atoms with Crippen molar-refractivity contribution in [2.75, 3.05) is 10.6 Å². The molecular formula is C16H19ClN4O. The average Bonchev–Trinajstić information content (AvgIpc) is 2.43. The van der Waals surface area contributed by atoms with Crippen LogP contribution in [-0.4, -0.2) is 17.1 Å². The number of anilines is 3. The molecule has 0 atom stereocenters. The van der Waals surface area contributed by atoms with E-state index in [1.165, 1.54) is 0 Å². The van der Waals surface area contributed by atoms with Crippen LogP contribution in [0.3, 0.4) is 0 Å². The zero-order valence-electron chi connectivity index (χ0n) is 12.8. The predicted octanol–water partition coefficient (Wildman–Crippen LogP) is 4.32. The lowest BCUT2D eigenvalue weighted by atomic mass is 10.2. The van der Waals surface area contributed by atoms with Gasteiger partial charge in [0.15, 0.2) is 0 Å². The fraction of sp³-hybridized carbons (Fsp3) is 0.250. The standard InChI is InChI=1S/C16H19ClN4O/c1-10(2)19-16(22)20-13-5-7-15(18-9-13)21-14-6-4-12(17)8-11(14)3/h4-10H,1-3H3,(H,18,21)(H2,19,20,22). The maximum atomic E-state index is 11.6. The minimum Gasteiger partial charge on any atom is -0.340 e. The molecule has 0 saturated heterocycles. The zero-order chi connectivity index (χ0) is 16.1. The Labute approximate surface area is 135 Å². The number of aromatic nitrogens is 1. The van der Waals surface area contributed by atoms with Gasteiger partial charge in [0.25, 0.3) is 0 Å². The third kappa shape index (κ3) is 4.63. The van der Waals surface area contributed by atoms with Crippen LogP contribution in [0.5, 0.6) is 0 Å². The van der Waals surface area contributed by atoms with Gasteiger partial charge in [-0.1, -0.05) is 11.6 Å². The summed E-state index contributed by atoms with van der Waals surface area (Å²) in [7, 11) is 0. The minimum atomic E-state index is -0.244. The van der Waals surface area contributed by atoms with Crippen LogP contribution in [0.2, 0.25) is 5.02 Å². The molecule has 1 heterocycles. The fourth-order valence-corrected chi connectivity index (χ4v) is 2.10. The van der Waals surface area contributed by atoms with Gasteiger partial charge in [-0.15, -0.1) is 0 Å². The Bertz CT molecular complexity index is 656. The van der Waals surface area contributed by atoms with Crippen molar-refractivity contribution in [1.82, 2.24) is 10.3 Å². The summed E-state index contributed by atoms with van der Waals surface area (Å²) in [5.41, 5.74) is 2.61. The topological polar surface area (TPSA) is 66.0 Å². The second kappa shape index (κ2) is 7.13. The molecule has 0 fully saturated rings. The van der Waals surface area contributed by atoms with E-state index >= 15 is 0 Å². The van der Waals surface area contributed by atoms with Crippen molar-refractivity contribution < 1.29 is 4.79 Å². The van der Waals surface area contributed by atoms with Gasteiger partial charge < -0.3 is 16.0 Å². The fourth-order valence-electron chi connectivity index (χ4n) is 1.88. The normalized spacial score (nSPS) is 10.4. The quantitative estimate of drug-likeness (QED) is 0.786. The molecule has 0 radical (unpaired) electrons. The largest absolute Gasteiger partial charge is 0.340 e. The molecule has 0 spiro atoms. The summed E-state index contributed by atoms with van der Waals surface area (Å²) in [5.74, 6) is 0.695. The van der Waals surface area contributed by atoms with Crippen molar-refractivity contribution in [1.29, 1.82) is 0 Å². The average molecular weight is 319 g/mol. The van der Waals surface area contributed by atoms with Gasteiger partial charge in [-0.05, 0) is 56.7 Å². The Morgan fingerprint density at radius 3 is 2.59 bits per heavy atom. The van der Waals surface area contributed by atoms with Crippen LogP contribution in [0.4, 0.5) is 22.0 Å². The number of hydrogen-bond donors (Lipinski definition) is 3. The Morgan fingerprint density at radius 2 is 2.00 bits per heavy atom. The highest BCUT2D eigenvalue weighted by Gasteiger charge is 2.05. The van der Waals surface area contributed by atoms with E-state index in [9.17, 15) is 4.79 Å². The van der Waals surface area contributed by atoms with E-state index in [0.29, 0.717) is 16.5 Å². The molecule has 0 aliphatic heterocycles. The molecule has 2 amide bonds. The van der Waals surface area contributed by atoms with Gasteiger partial charge in [0.1, 0.15) is 5.82 Å². The highest BCUT2D eigenvalue weighted by molar-refractivity contribution is 6.30. The lowest BCUT2D eigenvalue weighted by Gasteiger charge is -2.11. The molecule has 2 rings (SSSR count). The summed E-state index contributed by atoms with van der Waals surface area (Å²) in [6, 6.07) is 9.05. The molecular weight excluding hydrogens is 300 g/mol. The van der Waals surface area contributed by atoms with Gasteiger partial charge in [0.2, 0.25) is 0 Å². The molecule has 6 heteroatoms. The molecule has 5 nitrogen and oxygen atoms in total. The lowest BCUT2D eigenvalue weighted by molar-refractivity contribution is 0.250. The highest BCUT2D eigenvalue weighted by atomic mass is 35.5. The van der Waals surface area contributed by atoms with E-state index in [2.05, 4.69) is 20.9 Å². The maximum absolute atomic E-state index is 11.6. The molecule has 116 valence electrons. The van der Waals surface area contributed by atoms with Crippen LogP contribution in [0.1, 0.15) is 19.4 Å². The van der Waals surface area contributed by atoms with Gasteiger partial charge >= 0.3 is 6.03 Å². The number of aryl methyl sites for hydroxylation is 1. The molecule has 3 N–H and O–H groups in total. The molecule has 0 unspecified atom stereocenters. The summed E-state index contributed by atoms with van der Waals surface area (Å²) in [5, 5.41) is 9.39. The summed E-state index contributed by atoms with van der Waals surface area (Å²) < 4.78 is 0. The summed E-state index contributed by atoms with van der Waals surface area (Å²) in [6.07, 6.45) is 1.60. The van der Waals surface area contributed by atoms with Gasteiger partial charge in [-0.2, -0.15) is 0 Å². The number of pyridine rings is 1. The second-order valence-electron chi connectivity index (χ2n) is 5.27. The molecule has 1 aromatic heterocycles. The van der Waals surface area contributed by atoms with Crippen molar-refractivity contribution in [3.05, 3.63) is 47.1 Å². The van der Waals surface area contributed by atoms with Crippen LogP contribution in [0.15, 0.2) is 36.5 Å². The number of nitrogens with one attached hydrogen (secondary N) is 3. The van der Waals surface area contributed by atoms with Gasteiger partial charge in [0, 0.05) is 16.8 Å². The van der Waals surface area contributed by atoms with Crippen molar-refractivity contribution in [2.45, 2.75) is 26.8 Å². The van der Waals surface area contributed by atoms with Crippen molar-refractivity contribution in [3.63, 3.8) is 0 Å². The van der Waals surface area contributed by atoms with E-state index < -0.39 is 0 Å². The smallest absolute Gasteiger partial charge is 0.319 e. The third-order valence-electron chi connectivity index (χ3n) is 2.89. The Kier molecular flexibility index (Phi) is 5.22. The summed E-state index contributed by atoms with van der Waals surface area (Å²) in [4.78, 5) is 15.9. The van der Waals surface area contributed by atoms with Crippen LogP contribution in [0, 0.1) is 6.92 Å². The first-order valence-electron chi connectivity index (χ1n) is 7.01. The maximum Gasteiger partial charge on any atom is 0.319 e. The number of urea groups is 1. The SMILES string of the molecule is Cc1cc(Cl)ccc1Nc1ccc(NC(=O)NC(C)C)cn1. The van der Waals surface area contributed by atoms with Gasteiger partial charge in [-0.25, -0.2) is 9.78 Å². The number of rotatable bonds is 4. The van der Waals surface area contributed by atoms with E-state index in [1.54, 1.807) is 18.3 Å². The Hall–Kier alpha value is -2.27. The lowest BCUT2D eigenvalue weighted by Crippen LogP contribution is -2.34. The number of carbonyl (C=O) groups excluding carboxylic acids is 1. The molecule has 0 aliphatic carbocycles. The first-order valence-corrected chi connectivity index (χ1v) is 7.38. The molecule has 0 saturated carbocycles. The van der Waals surface area contributed by atoms with Crippen LogP contribution < -0.4 is 16.0 Å². The van der Waals surface area contributed by atoms with Crippen LogP contribution >= 0.6 is 11.6 Å². The number of benzene rings is 1. The zero-order valence-corrected chi connectivity index (χ0v) is 13.5. The van der Waals surface area contributed by atoms with E-state index in [0.717, 1.165) is 11.3 Å². The Morgan fingerprint density at radius 1 is 1.23 bits per heavy atom. The third-order valence-corrected chi connectivity index (χ3v) is 3.13. The summed E-state index contributed by atoms with van der Waals surface area (Å²) >= 11 is 5.94. The van der Waals surface area contributed by atoms with E-state index in [4.69, 9.17) is 11.6 Å². The van der Waals surface area contributed by atoms with E-state index in [1.807, 2.05) is 39.0 Å². The molecule has 2 aromatic rings. The second-order valence-corrected chi connectivity index (χ2v) is 5.71. The van der Waals surface area contributed by atoms with E-state index in [-0.39, 0.29) is 12.1 Å². The van der Waals surface area contributed by atoms with Crippen molar-refractivity contribution >= 4 is 34.8 Å². The first-order chi connectivity index (χ1) is 10.4. The number of carbonyl (C=O) groups is 1. The van der Waals surface area contributed by atoms with Crippen molar-refractivity contribution in [2.24, 2.45) is 0 Å². The van der Waals surface area contributed by atoms with Crippen molar-refractivity contribution in [3.8, 4) is 0 Å². The number of nitrogens with zero attached hydrogens (tertiary/aromatic N) is 1. The number of halogens is 1. The first kappa shape index (κ1) is 16.1. The molecule has 1 aromatic carbocycles.